The van der Waals surface area contributed by atoms with Crippen molar-refractivity contribution in [2.45, 2.75) is 19.8 Å². The lowest BCUT2D eigenvalue weighted by atomic mass is 9.79. The largest absolute Gasteiger partial charge is 0.0879 e. The predicted octanol–water partition coefficient (Wildman–Crippen LogP) is 2.77. The molecule has 0 aromatic carbocycles. The van der Waals surface area contributed by atoms with Gasteiger partial charge < -0.3 is 0 Å². The third-order valence-electron chi connectivity index (χ3n) is 2.83. The van der Waals surface area contributed by atoms with Crippen LogP contribution in [-0.2, 0) is 0 Å². The van der Waals surface area contributed by atoms with Crippen molar-refractivity contribution < 1.29 is 0 Å². The second-order valence-electron chi connectivity index (χ2n) is 3.52. The fraction of sp³-hybridized carbons (Fsp3) is 0.600. The maximum atomic E-state index is 2.40. The van der Waals surface area contributed by atoms with Gasteiger partial charge in [0.1, 0.15) is 0 Å². The Morgan fingerprint density at radius 2 is 1.80 bits per heavy atom. The number of fused-ring (bicyclic) bond motifs is 1. The summed E-state index contributed by atoms with van der Waals surface area (Å²) < 4.78 is 0. The first kappa shape index (κ1) is 6.21. The minimum Gasteiger partial charge on any atom is -0.0879 e. The van der Waals surface area contributed by atoms with Crippen LogP contribution in [0.5, 0.6) is 0 Å². The summed E-state index contributed by atoms with van der Waals surface area (Å²) in [6, 6.07) is 0. The summed E-state index contributed by atoms with van der Waals surface area (Å²) in [4.78, 5) is 0. The van der Waals surface area contributed by atoms with E-state index in [0.717, 1.165) is 17.8 Å². The fourth-order valence-electron chi connectivity index (χ4n) is 2.18. The fourth-order valence-corrected chi connectivity index (χ4v) is 2.18. The van der Waals surface area contributed by atoms with Gasteiger partial charge in [-0.25, -0.2) is 0 Å². The molecule has 0 heteroatoms. The zero-order valence-corrected chi connectivity index (χ0v) is 6.46. The van der Waals surface area contributed by atoms with E-state index in [0.29, 0.717) is 0 Å². The van der Waals surface area contributed by atoms with E-state index in [4.69, 9.17) is 0 Å². The van der Waals surface area contributed by atoms with Crippen molar-refractivity contribution in [1.29, 1.82) is 0 Å². The van der Waals surface area contributed by atoms with Crippen molar-refractivity contribution in [3.8, 4) is 0 Å². The van der Waals surface area contributed by atoms with Gasteiger partial charge >= 0.3 is 0 Å². The summed E-state index contributed by atoms with van der Waals surface area (Å²) in [5.74, 6) is 2.60. The van der Waals surface area contributed by atoms with Gasteiger partial charge in [-0.05, 0) is 30.6 Å². The first-order valence-electron chi connectivity index (χ1n) is 4.21. The third-order valence-corrected chi connectivity index (χ3v) is 2.83. The number of allylic oxidation sites excluding steroid dienone is 4. The molecular formula is C10H14. The SMILES string of the molecule is C[C@@H]1C=CC[C@H]2CC=C[C@H]21. The Morgan fingerprint density at radius 1 is 1.10 bits per heavy atom. The molecule has 54 valence electrons. The quantitative estimate of drug-likeness (QED) is 0.447. The highest BCUT2D eigenvalue weighted by Gasteiger charge is 2.27. The maximum absolute atomic E-state index is 2.40. The molecule has 0 heterocycles. The average molecular weight is 134 g/mol. The van der Waals surface area contributed by atoms with E-state index < -0.39 is 0 Å². The molecule has 0 N–H and O–H groups in total. The van der Waals surface area contributed by atoms with Crippen LogP contribution in [0.15, 0.2) is 24.3 Å². The summed E-state index contributed by atoms with van der Waals surface area (Å²) in [7, 11) is 0. The molecule has 3 atom stereocenters. The Kier molecular flexibility index (Phi) is 1.40. The van der Waals surface area contributed by atoms with Gasteiger partial charge in [-0.15, -0.1) is 0 Å². The molecule has 2 rings (SSSR count). The molecule has 0 aromatic rings. The standard InChI is InChI=1S/C10H14/c1-8-4-2-5-9-6-3-7-10(8)9/h2-4,7-10H,5-6H2,1H3/t8-,9+,10+/m1/s1. The Labute approximate surface area is 62.6 Å². The molecule has 2 aliphatic rings. The molecule has 0 saturated carbocycles. The molecule has 10 heavy (non-hydrogen) atoms. The molecule has 2 aliphatic carbocycles. The summed E-state index contributed by atoms with van der Waals surface area (Å²) in [6.07, 6.45) is 12.1. The molecular weight excluding hydrogens is 120 g/mol. The molecule has 0 nitrogen and oxygen atoms in total. The van der Waals surface area contributed by atoms with Crippen LogP contribution in [-0.4, -0.2) is 0 Å². The minimum absolute atomic E-state index is 0.789. The van der Waals surface area contributed by atoms with Crippen molar-refractivity contribution in [1.82, 2.24) is 0 Å². The number of hydrogen-bond donors (Lipinski definition) is 0. The van der Waals surface area contributed by atoms with E-state index in [-0.39, 0.29) is 0 Å². The molecule has 0 saturated heterocycles. The van der Waals surface area contributed by atoms with Crippen LogP contribution in [0.1, 0.15) is 19.8 Å². The zero-order chi connectivity index (χ0) is 6.97. The first-order valence-corrected chi connectivity index (χ1v) is 4.21. The summed E-state index contributed by atoms with van der Waals surface area (Å²) in [5, 5.41) is 0. The van der Waals surface area contributed by atoms with Gasteiger partial charge in [-0.1, -0.05) is 31.2 Å². The monoisotopic (exact) mass is 134 g/mol. The van der Waals surface area contributed by atoms with Crippen molar-refractivity contribution in [2.75, 3.05) is 0 Å². The van der Waals surface area contributed by atoms with Gasteiger partial charge in [0.25, 0.3) is 0 Å². The normalized spacial score (nSPS) is 43.9. The van der Waals surface area contributed by atoms with Crippen molar-refractivity contribution >= 4 is 0 Å². The molecule has 0 aromatic heterocycles. The van der Waals surface area contributed by atoms with E-state index >= 15 is 0 Å². The number of hydrogen-bond acceptors (Lipinski definition) is 0. The summed E-state index contributed by atoms with van der Waals surface area (Å²) >= 11 is 0. The molecule has 0 spiro atoms. The van der Waals surface area contributed by atoms with E-state index in [2.05, 4.69) is 31.2 Å². The summed E-state index contributed by atoms with van der Waals surface area (Å²) in [6.45, 7) is 2.32. The van der Waals surface area contributed by atoms with Crippen LogP contribution in [0, 0.1) is 17.8 Å². The van der Waals surface area contributed by atoms with Crippen LogP contribution in [0.3, 0.4) is 0 Å². The lowest BCUT2D eigenvalue weighted by molar-refractivity contribution is 0.343. The second-order valence-corrected chi connectivity index (χ2v) is 3.52. The first-order chi connectivity index (χ1) is 4.88. The molecule has 0 amide bonds. The molecule has 0 fully saturated rings. The average Bonchev–Trinajstić information content (AvgIpc) is 2.36. The highest BCUT2D eigenvalue weighted by atomic mass is 14.3. The highest BCUT2D eigenvalue weighted by molar-refractivity contribution is 5.11. The van der Waals surface area contributed by atoms with Crippen LogP contribution >= 0.6 is 0 Å². The maximum Gasteiger partial charge on any atom is -0.0139 e. The minimum atomic E-state index is 0.789. The van der Waals surface area contributed by atoms with Gasteiger partial charge in [-0.2, -0.15) is 0 Å². The van der Waals surface area contributed by atoms with E-state index in [1.807, 2.05) is 0 Å². The van der Waals surface area contributed by atoms with Crippen molar-refractivity contribution in [2.24, 2.45) is 17.8 Å². The van der Waals surface area contributed by atoms with Gasteiger partial charge in [0, 0.05) is 0 Å². The summed E-state index contributed by atoms with van der Waals surface area (Å²) in [5.41, 5.74) is 0. The van der Waals surface area contributed by atoms with Crippen LogP contribution in [0.2, 0.25) is 0 Å². The van der Waals surface area contributed by atoms with Gasteiger partial charge in [-0.3, -0.25) is 0 Å². The Hall–Kier alpha value is -0.520. The molecule has 0 bridgehead atoms. The highest BCUT2D eigenvalue weighted by Crippen LogP contribution is 2.37. The molecule has 0 radical (unpaired) electrons. The van der Waals surface area contributed by atoms with Gasteiger partial charge in [0.2, 0.25) is 0 Å². The van der Waals surface area contributed by atoms with E-state index in [1.165, 1.54) is 12.8 Å². The molecule has 0 unspecified atom stereocenters. The smallest absolute Gasteiger partial charge is 0.0139 e. The van der Waals surface area contributed by atoms with Crippen molar-refractivity contribution in [3.63, 3.8) is 0 Å². The van der Waals surface area contributed by atoms with Gasteiger partial charge in [0.05, 0.1) is 0 Å². The van der Waals surface area contributed by atoms with E-state index in [1.54, 1.807) is 0 Å². The second kappa shape index (κ2) is 2.26. The lowest BCUT2D eigenvalue weighted by Crippen LogP contribution is -2.17. The lowest BCUT2D eigenvalue weighted by Gasteiger charge is -2.26. The van der Waals surface area contributed by atoms with E-state index in [9.17, 15) is 0 Å². The van der Waals surface area contributed by atoms with Crippen LogP contribution in [0.4, 0.5) is 0 Å². The Morgan fingerprint density at radius 3 is 2.50 bits per heavy atom. The van der Waals surface area contributed by atoms with Crippen LogP contribution in [0.25, 0.3) is 0 Å². The van der Waals surface area contributed by atoms with Crippen LogP contribution < -0.4 is 0 Å². The third kappa shape index (κ3) is 0.828. The predicted molar refractivity (Wildman–Crippen MR) is 43.7 cm³/mol. The molecule has 0 aliphatic heterocycles. The zero-order valence-electron chi connectivity index (χ0n) is 6.46. The van der Waals surface area contributed by atoms with Gasteiger partial charge in [0.15, 0.2) is 0 Å². The Bertz CT molecular complexity index is 176. The topological polar surface area (TPSA) is 0 Å². The number of rotatable bonds is 0. The van der Waals surface area contributed by atoms with Crippen molar-refractivity contribution in [3.05, 3.63) is 24.3 Å². The Balaban J connectivity index is 2.19.